The van der Waals surface area contributed by atoms with Crippen LogP contribution in [0.15, 0.2) is 52.0 Å². The summed E-state index contributed by atoms with van der Waals surface area (Å²) >= 11 is 0. The van der Waals surface area contributed by atoms with E-state index in [-0.39, 0.29) is 28.0 Å². The zero-order chi connectivity index (χ0) is 18.7. The second-order valence-corrected chi connectivity index (χ2v) is 7.26. The van der Waals surface area contributed by atoms with Gasteiger partial charge in [-0.3, -0.25) is 4.72 Å². The lowest BCUT2D eigenvalue weighted by atomic mass is 10.2. The molecule has 0 saturated heterocycles. The Labute approximate surface area is 150 Å². The molecule has 0 amide bonds. The van der Waals surface area contributed by atoms with E-state index in [0.717, 1.165) is 0 Å². The fraction of sp³-hybridized carbons (Fsp3) is 0.176. The molecule has 0 fully saturated rings. The Kier molecular flexibility index (Phi) is 4.90. The number of aromatic nitrogens is 2. The average molecular weight is 376 g/mol. The Hall–Kier alpha value is -2.94. The molecule has 0 aliphatic heterocycles. The van der Waals surface area contributed by atoms with Crippen LogP contribution in [0.5, 0.6) is 0 Å². The highest BCUT2D eigenvalue weighted by atomic mass is 32.2. The summed E-state index contributed by atoms with van der Waals surface area (Å²) in [6.45, 7) is 3.37. The largest absolute Gasteiger partial charge is 0.380 e. The molecule has 0 saturated carbocycles. The van der Waals surface area contributed by atoms with Gasteiger partial charge in [0, 0.05) is 12.1 Å². The molecule has 0 unspecified atom stereocenters. The standard InChI is InChI=1S/C17H17FN4O3S/c1-11-17(12(2)25-21-11)26(23,24)22-16-8-7-14(10-20-16)19-9-13-5-3-4-6-15(13)18/h3-8,10,19H,9H2,1-2H3,(H,20,22). The SMILES string of the molecule is Cc1noc(C)c1S(=O)(=O)Nc1ccc(NCc2ccccc2F)cn1. The second kappa shape index (κ2) is 7.12. The molecule has 0 bridgehead atoms. The van der Waals surface area contributed by atoms with Gasteiger partial charge < -0.3 is 9.84 Å². The van der Waals surface area contributed by atoms with Crippen LogP contribution in [-0.2, 0) is 16.6 Å². The maximum Gasteiger partial charge on any atom is 0.268 e. The molecule has 0 atom stereocenters. The summed E-state index contributed by atoms with van der Waals surface area (Å²) in [7, 11) is -3.84. The van der Waals surface area contributed by atoms with Crippen LogP contribution in [0.1, 0.15) is 17.0 Å². The third-order valence-electron chi connectivity index (χ3n) is 3.68. The van der Waals surface area contributed by atoms with Crippen LogP contribution in [0, 0.1) is 19.7 Å². The van der Waals surface area contributed by atoms with Gasteiger partial charge in [0.05, 0.1) is 11.9 Å². The van der Waals surface area contributed by atoms with Crippen LogP contribution in [0.3, 0.4) is 0 Å². The first-order valence-corrected chi connectivity index (χ1v) is 9.24. The molecule has 2 N–H and O–H groups in total. The van der Waals surface area contributed by atoms with E-state index in [2.05, 4.69) is 20.2 Å². The Morgan fingerprint density at radius 1 is 1.15 bits per heavy atom. The molecule has 3 aromatic rings. The molecule has 9 heteroatoms. The minimum absolute atomic E-state index is 0.000976. The first-order valence-electron chi connectivity index (χ1n) is 7.76. The lowest BCUT2D eigenvalue weighted by Crippen LogP contribution is -2.15. The molecule has 2 heterocycles. The molecule has 0 spiro atoms. The van der Waals surface area contributed by atoms with Crippen LogP contribution in [-0.4, -0.2) is 18.6 Å². The fourth-order valence-electron chi connectivity index (χ4n) is 2.44. The smallest absolute Gasteiger partial charge is 0.268 e. The molecule has 136 valence electrons. The topological polar surface area (TPSA) is 97.1 Å². The summed E-state index contributed by atoms with van der Waals surface area (Å²) in [6.07, 6.45) is 1.46. The van der Waals surface area contributed by atoms with Crippen molar-refractivity contribution >= 4 is 21.5 Å². The van der Waals surface area contributed by atoms with E-state index in [4.69, 9.17) is 4.52 Å². The van der Waals surface area contributed by atoms with E-state index in [1.54, 1.807) is 31.2 Å². The zero-order valence-corrected chi connectivity index (χ0v) is 15.0. The van der Waals surface area contributed by atoms with Gasteiger partial charge in [0.1, 0.15) is 17.3 Å². The number of halogens is 1. The van der Waals surface area contributed by atoms with Crippen molar-refractivity contribution in [3.63, 3.8) is 0 Å². The maximum absolute atomic E-state index is 13.6. The van der Waals surface area contributed by atoms with E-state index in [1.165, 1.54) is 25.3 Å². The maximum atomic E-state index is 13.6. The third kappa shape index (κ3) is 3.83. The minimum Gasteiger partial charge on any atom is -0.380 e. The molecular weight excluding hydrogens is 359 g/mol. The van der Waals surface area contributed by atoms with Gasteiger partial charge in [-0.25, -0.2) is 17.8 Å². The molecule has 0 radical (unpaired) electrons. The molecule has 0 aliphatic carbocycles. The zero-order valence-electron chi connectivity index (χ0n) is 14.2. The van der Waals surface area contributed by atoms with Crippen molar-refractivity contribution in [1.29, 1.82) is 0 Å². The highest BCUT2D eigenvalue weighted by Gasteiger charge is 2.24. The van der Waals surface area contributed by atoms with Crippen LogP contribution in [0.4, 0.5) is 15.9 Å². The first-order chi connectivity index (χ1) is 12.4. The molecule has 2 aromatic heterocycles. The van der Waals surface area contributed by atoms with Crippen LogP contribution < -0.4 is 10.0 Å². The monoisotopic (exact) mass is 376 g/mol. The van der Waals surface area contributed by atoms with Crippen LogP contribution in [0.2, 0.25) is 0 Å². The number of aryl methyl sites for hydroxylation is 2. The van der Waals surface area contributed by atoms with Gasteiger partial charge in [-0.1, -0.05) is 23.4 Å². The lowest BCUT2D eigenvalue weighted by molar-refractivity contribution is 0.390. The van der Waals surface area contributed by atoms with Crippen molar-refractivity contribution < 1.29 is 17.3 Å². The van der Waals surface area contributed by atoms with Gasteiger partial charge in [0.15, 0.2) is 10.7 Å². The van der Waals surface area contributed by atoms with Crippen molar-refractivity contribution in [2.45, 2.75) is 25.3 Å². The number of nitrogens with zero attached hydrogens (tertiary/aromatic N) is 2. The van der Waals surface area contributed by atoms with E-state index >= 15 is 0 Å². The van der Waals surface area contributed by atoms with Gasteiger partial charge in [-0.05, 0) is 32.0 Å². The normalized spacial score (nSPS) is 11.3. The number of pyridine rings is 1. The Bertz CT molecular complexity index is 997. The predicted octanol–water partition coefficient (Wildman–Crippen LogP) is 3.24. The molecule has 3 rings (SSSR count). The Morgan fingerprint density at radius 2 is 1.92 bits per heavy atom. The second-order valence-electron chi connectivity index (χ2n) is 5.64. The fourth-order valence-corrected chi connectivity index (χ4v) is 3.78. The molecule has 26 heavy (non-hydrogen) atoms. The predicted molar refractivity (Wildman–Crippen MR) is 94.7 cm³/mol. The van der Waals surface area contributed by atoms with E-state index < -0.39 is 10.0 Å². The van der Waals surface area contributed by atoms with Gasteiger partial charge in [0.25, 0.3) is 10.0 Å². The van der Waals surface area contributed by atoms with Crippen molar-refractivity contribution in [3.05, 3.63) is 65.4 Å². The van der Waals surface area contributed by atoms with Gasteiger partial charge in [-0.2, -0.15) is 0 Å². The van der Waals surface area contributed by atoms with Gasteiger partial charge in [-0.15, -0.1) is 0 Å². The van der Waals surface area contributed by atoms with Crippen molar-refractivity contribution in [3.8, 4) is 0 Å². The third-order valence-corrected chi connectivity index (χ3v) is 5.28. The van der Waals surface area contributed by atoms with Crippen LogP contribution in [0.25, 0.3) is 0 Å². The summed E-state index contributed by atoms with van der Waals surface area (Å²) in [5, 5.41) is 6.68. The number of hydrogen-bond donors (Lipinski definition) is 2. The summed E-state index contributed by atoms with van der Waals surface area (Å²) in [4.78, 5) is 4.07. The Balaban J connectivity index is 1.69. The number of anilines is 2. The van der Waals surface area contributed by atoms with E-state index in [1.807, 2.05) is 0 Å². The molecule has 0 aliphatic rings. The summed E-state index contributed by atoms with van der Waals surface area (Å²) < 4.78 is 45.7. The number of sulfonamides is 1. The average Bonchev–Trinajstić information content (AvgIpc) is 2.94. The Morgan fingerprint density at radius 3 is 2.54 bits per heavy atom. The number of hydrogen-bond acceptors (Lipinski definition) is 6. The van der Waals surface area contributed by atoms with Gasteiger partial charge in [0.2, 0.25) is 0 Å². The molecular formula is C17H17FN4O3S. The quantitative estimate of drug-likeness (QED) is 0.685. The summed E-state index contributed by atoms with van der Waals surface area (Å²) in [5.41, 5.74) is 1.43. The van der Waals surface area contributed by atoms with Crippen molar-refractivity contribution in [2.75, 3.05) is 10.0 Å². The van der Waals surface area contributed by atoms with E-state index in [9.17, 15) is 12.8 Å². The van der Waals surface area contributed by atoms with Crippen LogP contribution >= 0.6 is 0 Å². The highest BCUT2D eigenvalue weighted by molar-refractivity contribution is 7.92. The van der Waals surface area contributed by atoms with E-state index in [0.29, 0.717) is 17.8 Å². The summed E-state index contributed by atoms with van der Waals surface area (Å²) in [6, 6.07) is 9.62. The molecule has 7 nitrogen and oxygen atoms in total. The first kappa shape index (κ1) is 17.9. The lowest BCUT2D eigenvalue weighted by Gasteiger charge is -2.09. The number of benzene rings is 1. The molecule has 1 aromatic carbocycles. The minimum atomic E-state index is -3.84. The number of nitrogens with one attached hydrogen (secondary N) is 2. The highest BCUT2D eigenvalue weighted by Crippen LogP contribution is 2.22. The van der Waals surface area contributed by atoms with Crippen molar-refractivity contribution in [2.24, 2.45) is 0 Å². The number of rotatable bonds is 6. The summed E-state index contributed by atoms with van der Waals surface area (Å²) in [5.74, 6) is 0.0661. The van der Waals surface area contributed by atoms with Crippen molar-refractivity contribution in [1.82, 2.24) is 10.1 Å². The van der Waals surface area contributed by atoms with Gasteiger partial charge >= 0.3 is 0 Å².